The highest BCUT2D eigenvalue weighted by Gasteiger charge is 2.13. The van der Waals surface area contributed by atoms with Gasteiger partial charge in [0.05, 0.1) is 31.5 Å². The normalized spacial score (nSPS) is 10.7. The Morgan fingerprint density at radius 2 is 1.87 bits per heavy atom. The van der Waals surface area contributed by atoms with Crippen LogP contribution in [-0.4, -0.2) is 40.9 Å². The number of rotatable bonds is 7. The lowest BCUT2D eigenvalue weighted by Crippen LogP contribution is -2.14. The number of nitro benzene ring substituents is 1. The third-order valence-electron chi connectivity index (χ3n) is 2.40. The molecule has 0 saturated carbocycles. The maximum absolute atomic E-state index is 10.8. The monoisotopic (exact) mass is 345 g/mol. The average molecular weight is 345 g/mol. The van der Waals surface area contributed by atoms with Crippen molar-refractivity contribution in [3.8, 4) is 5.75 Å². The molecular weight excluding hydrogens is 326 g/mol. The van der Waals surface area contributed by atoms with E-state index in [0.717, 1.165) is 0 Å². The average Bonchev–Trinajstić information content (AvgIpc) is 2.47. The summed E-state index contributed by atoms with van der Waals surface area (Å²) in [5, 5.41) is 18.0. The summed E-state index contributed by atoms with van der Waals surface area (Å²) in [6.07, 6.45) is -0.0782. The first-order chi connectivity index (χ1) is 10.8. The smallest absolute Gasteiger partial charge is 0.306 e. The van der Waals surface area contributed by atoms with Crippen molar-refractivity contribution in [2.45, 2.75) is 25.0 Å². The minimum absolute atomic E-state index is 0.0449. The Bertz CT molecular complexity index is 518. The number of nitro groups is 1. The van der Waals surface area contributed by atoms with Crippen LogP contribution in [0.4, 0.5) is 5.69 Å². The Hall–Kier alpha value is -2.29. The maximum Gasteiger partial charge on any atom is 0.306 e. The van der Waals surface area contributed by atoms with Gasteiger partial charge in [0.1, 0.15) is 5.75 Å². The van der Waals surface area contributed by atoms with E-state index in [-0.39, 0.29) is 18.5 Å². The molecule has 0 aromatic heterocycles. The quantitative estimate of drug-likeness (QED) is 0.337. The lowest BCUT2D eigenvalue weighted by Gasteiger charge is -2.06. The van der Waals surface area contributed by atoms with Gasteiger partial charge in [-0.1, -0.05) is 0 Å². The molecule has 0 heterocycles. The molecule has 0 bridgehead atoms. The van der Waals surface area contributed by atoms with Gasteiger partial charge in [-0.2, -0.15) is 12.6 Å². The number of methoxy groups -OCH3 is 1. The van der Waals surface area contributed by atoms with E-state index in [1.807, 2.05) is 0 Å². The minimum atomic E-state index is -0.959. The van der Waals surface area contributed by atoms with Crippen LogP contribution in [0, 0.1) is 10.1 Å². The van der Waals surface area contributed by atoms with Crippen LogP contribution in [0.1, 0.15) is 19.8 Å². The predicted octanol–water partition coefficient (Wildman–Crippen LogP) is 2.32. The number of esters is 1. The second-order valence-corrected chi connectivity index (χ2v) is 4.95. The van der Waals surface area contributed by atoms with E-state index in [0.29, 0.717) is 12.4 Å². The van der Waals surface area contributed by atoms with Gasteiger partial charge in [-0.15, -0.1) is 0 Å². The zero-order chi connectivity index (χ0) is 17.8. The van der Waals surface area contributed by atoms with Gasteiger partial charge in [-0.3, -0.25) is 19.7 Å². The minimum Gasteiger partial charge on any atom is -0.497 e. The molecule has 1 unspecified atom stereocenters. The highest BCUT2D eigenvalue weighted by Crippen LogP contribution is 2.16. The summed E-state index contributed by atoms with van der Waals surface area (Å²) in [7, 11) is 1.52. The summed E-state index contributed by atoms with van der Waals surface area (Å²) < 4.78 is 9.44. The fourth-order valence-corrected chi connectivity index (χ4v) is 1.70. The van der Waals surface area contributed by atoms with Crippen LogP contribution >= 0.6 is 12.6 Å². The molecule has 1 aromatic carbocycles. The topological polar surface area (TPSA) is 116 Å². The lowest BCUT2D eigenvalue weighted by atomic mass is 10.2. The zero-order valence-electron chi connectivity index (χ0n) is 12.8. The number of nitrogens with zero attached hydrogens (tertiary/aromatic N) is 1. The van der Waals surface area contributed by atoms with Crippen LogP contribution in [0.2, 0.25) is 0 Å². The van der Waals surface area contributed by atoms with E-state index in [4.69, 9.17) is 9.84 Å². The zero-order valence-corrected chi connectivity index (χ0v) is 13.7. The molecule has 0 aliphatic heterocycles. The van der Waals surface area contributed by atoms with Crippen molar-refractivity contribution in [3.63, 3.8) is 0 Å². The Morgan fingerprint density at radius 3 is 2.26 bits per heavy atom. The summed E-state index contributed by atoms with van der Waals surface area (Å²) in [5.74, 6) is -0.742. The number of aliphatic carboxylic acids is 1. The fraction of sp³-hybridized carbons (Fsp3) is 0.429. The number of carboxylic acid groups (broad SMARTS) is 1. The molecule has 0 fully saturated rings. The molecule has 0 saturated heterocycles. The lowest BCUT2D eigenvalue weighted by molar-refractivity contribution is -0.384. The Balaban J connectivity index is 0.000000422. The van der Waals surface area contributed by atoms with Gasteiger partial charge in [0, 0.05) is 17.4 Å². The van der Waals surface area contributed by atoms with E-state index in [2.05, 4.69) is 17.4 Å². The van der Waals surface area contributed by atoms with Crippen LogP contribution in [0.5, 0.6) is 5.75 Å². The van der Waals surface area contributed by atoms with Crippen molar-refractivity contribution in [1.29, 1.82) is 0 Å². The first kappa shape index (κ1) is 20.7. The third kappa shape index (κ3) is 10.1. The number of carbonyl (C=O) groups excluding carboxylic acids is 1. The van der Waals surface area contributed by atoms with Gasteiger partial charge < -0.3 is 14.6 Å². The molecule has 23 heavy (non-hydrogen) atoms. The van der Waals surface area contributed by atoms with Crippen molar-refractivity contribution >= 4 is 30.3 Å². The van der Waals surface area contributed by atoms with Crippen molar-refractivity contribution < 1.29 is 29.1 Å². The molecule has 128 valence electrons. The van der Waals surface area contributed by atoms with E-state index < -0.39 is 22.1 Å². The second kappa shape index (κ2) is 11.3. The second-order valence-electron chi connectivity index (χ2n) is 4.22. The number of benzene rings is 1. The molecule has 0 radical (unpaired) electrons. The molecule has 8 nitrogen and oxygen atoms in total. The van der Waals surface area contributed by atoms with E-state index in [9.17, 15) is 19.7 Å². The summed E-state index contributed by atoms with van der Waals surface area (Å²) >= 11 is 3.92. The largest absolute Gasteiger partial charge is 0.497 e. The van der Waals surface area contributed by atoms with E-state index in [1.54, 1.807) is 19.1 Å². The van der Waals surface area contributed by atoms with Crippen LogP contribution < -0.4 is 4.74 Å². The van der Waals surface area contributed by atoms with Gasteiger partial charge in [0.25, 0.3) is 5.69 Å². The van der Waals surface area contributed by atoms with Crippen molar-refractivity contribution in [3.05, 3.63) is 34.4 Å². The standard InChI is InChI=1S/C7H7NO3.C7H12O4S/c1-11-7-4-2-6(3-5-7)8(9)10;1-2-11-7(10)4-5(12)3-6(8)9/h2-5H,1H3;5,12H,2-4H2,1H3,(H,8,9). The predicted molar refractivity (Wildman–Crippen MR) is 85.9 cm³/mol. The molecule has 9 heteroatoms. The van der Waals surface area contributed by atoms with Gasteiger partial charge in [-0.25, -0.2) is 0 Å². The highest BCUT2D eigenvalue weighted by molar-refractivity contribution is 7.81. The van der Waals surface area contributed by atoms with Crippen LogP contribution in [-0.2, 0) is 14.3 Å². The number of thiol groups is 1. The Morgan fingerprint density at radius 1 is 1.30 bits per heavy atom. The number of carbonyl (C=O) groups is 2. The summed E-state index contributed by atoms with van der Waals surface area (Å²) in [6.45, 7) is 2.01. The first-order valence-corrected chi connectivity index (χ1v) is 7.15. The molecular formula is C14H19NO7S. The number of hydrogen-bond donors (Lipinski definition) is 2. The SMILES string of the molecule is CCOC(=O)CC(S)CC(=O)O.COc1ccc([N+](=O)[O-])cc1. The molecule has 1 N–H and O–H groups in total. The van der Waals surface area contributed by atoms with Gasteiger partial charge in [0.15, 0.2) is 0 Å². The number of hydrogen-bond acceptors (Lipinski definition) is 7. The van der Waals surface area contributed by atoms with Gasteiger partial charge in [-0.05, 0) is 19.1 Å². The molecule has 0 amide bonds. The molecule has 0 aliphatic carbocycles. The Labute approximate surface area is 139 Å². The fourth-order valence-electron chi connectivity index (χ4n) is 1.39. The summed E-state index contributed by atoms with van der Waals surface area (Å²) in [5.41, 5.74) is 0.0748. The van der Waals surface area contributed by atoms with Crippen LogP contribution in [0.3, 0.4) is 0 Å². The van der Waals surface area contributed by atoms with Crippen molar-refractivity contribution in [2.75, 3.05) is 13.7 Å². The molecule has 1 aromatic rings. The highest BCUT2D eigenvalue weighted by atomic mass is 32.1. The number of carboxylic acids is 1. The molecule has 0 spiro atoms. The van der Waals surface area contributed by atoms with E-state index >= 15 is 0 Å². The van der Waals surface area contributed by atoms with Gasteiger partial charge in [0.2, 0.25) is 0 Å². The number of non-ortho nitro benzene ring substituents is 1. The Kier molecular flexibility index (Phi) is 10.2. The molecule has 0 aliphatic rings. The maximum atomic E-state index is 10.8. The summed E-state index contributed by atoms with van der Waals surface area (Å²) in [6, 6.07) is 5.91. The third-order valence-corrected chi connectivity index (χ3v) is 2.77. The van der Waals surface area contributed by atoms with Crippen molar-refractivity contribution in [2.24, 2.45) is 0 Å². The van der Waals surface area contributed by atoms with E-state index in [1.165, 1.54) is 19.2 Å². The van der Waals surface area contributed by atoms with Crippen molar-refractivity contribution in [1.82, 2.24) is 0 Å². The molecule has 1 rings (SSSR count). The number of ether oxygens (including phenoxy) is 2. The molecule has 1 atom stereocenters. The first-order valence-electron chi connectivity index (χ1n) is 6.64. The van der Waals surface area contributed by atoms with Gasteiger partial charge >= 0.3 is 11.9 Å². The van der Waals surface area contributed by atoms with Crippen LogP contribution in [0.25, 0.3) is 0 Å². The van der Waals surface area contributed by atoms with Crippen LogP contribution in [0.15, 0.2) is 24.3 Å². The summed E-state index contributed by atoms with van der Waals surface area (Å²) in [4.78, 5) is 30.6.